The van der Waals surface area contributed by atoms with Gasteiger partial charge in [-0.3, -0.25) is 9.59 Å². The molecule has 0 radical (unpaired) electrons. The maximum atomic E-state index is 13.0. The second-order valence-corrected chi connectivity index (χ2v) is 7.70. The van der Waals surface area contributed by atoms with E-state index in [2.05, 4.69) is 0 Å². The molecule has 158 valence electrons. The minimum atomic E-state index is -1.74. The van der Waals surface area contributed by atoms with E-state index in [1.54, 1.807) is 48.7 Å². The minimum Gasteiger partial charge on any atom is -0.507 e. The molecule has 0 atom stereocenters. The summed E-state index contributed by atoms with van der Waals surface area (Å²) < 4.78 is 1.37. The van der Waals surface area contributed by atoms with Gasteiger partial charge in [-0.25, -0.2) is 4.79 Å². The van der Waals surface area contributed by atoms with Crippen molar-refractivity contribution in [3.63, 3.8) is 0 Å². The quantitative estimate of drug-likeness (QED) is 0.312. The lowest BCUT2D eigenvalue weighted by molar-refractivity contribution is -0.146. The topological polar surface area (TPSA) is 96.6 Å². The molecule has 3 aromatic rings. The molecule has 31 heavy (non-hydrogen) atoms. The smallest absolute Gasteiger partial charge is 0.376 e. The number of carboxylic acid groups (broad SMARTS) is 1. The van der Waals surface area contributed by atoms with Crippen LogP contribution in [0.25, 0.3) is 5.76 Å². The van der Waals surface area contributed by atoms with E-state index in [9.17, 15) is 19.5 Å². The highest BCUT2D eigenvalue weighted by Gasteiger charge is 2.16. The predicted octanol–water partition coefficient (Wildman–Crippen LogP) is 4.35. The van der Waals surface area contributed by atoms with Gasteiger partial charge in [0, 0.05) is 22.3 Å². The molecule has 0 aliphatic heterocycles. The van der Waals surface area contributed by atoms with Crippen LogP contribution in [0.4, 0.5) is 0 Å². The molecule has 0 aliphatic carbocycles. The SMILES string of the molecule is O=C(O)C(=O)C=C(O)c1cc(Cc2cccc(Cl)c2)cn(Cc2cccc(Cl)c2)c1=O. The van der Waals surface area contributed by atoms with Crippen molar-refractivity contribution in [1.82, 2.24) is 4.57 Å². The normalized spacial score (nSPS) is 11.4. The number of halogens is 2. The van der Waals surface area contributed by atoms with Gasteiger partial charge in [0.1, 0.15) is 5.76 Å². The van der Waals surface area contributed by atoms with E-state index in [0.717, 1.165) is 11.1 Å². The van der Waals surface area contributed by atoms with E-state index >= 15 is 0 Å². The molecule has 8 heteroatoms. The van der Waals surface area contributed by atoms with Crippen molar-refractivity contribution in [2.45, 2.75) is 13.0 Å². The first-order chi connectivity index (χ1) is 14.7. The highest BCUT2D eigenvalue weighted by atomic mass is 35.5. The van der Waals surface area contributed by atoms with Gasteiger partial charge in [0.15, 0.2) is 0 Å². The number of carbonyl (C=O) groups is 2. The zero-order valence-electron chi connectivity index (χ0n) is 16.1. The summed E-state index contributed by atoms with van der Waals surface area (Å²) in [7, 11) is 0. The zero-order chi connectivity index (χ0) is 22.5. The number of benzene rings is 2. The van der Waals surface area contributed by atoms with E-state index in [4.69, 9.17) is 28.3 Å². The fourth-order valence-electron chi connectivity index (χ4n) is 3.07. The van der Waals surface area contributed by atoms with E-state index in [1.807, 2.05) is 6.07 Å². The molecule has 6 nitrogen and oxygen atoms in total. The first-order valence-corrected chi connectivity index (χ1v) is 9.89. The van der Waals surface area contributed by atoms with Crippen molar-refractivity contribution in [1.29, 1.82) is 0 Å². The lowest BCUT2D eigenvalue weighted by Crippen LogP contribution is -2.25. The Labute approximate surface area is 187 Å². The second kappa shape index (κ2) is 9.64. The molecule has 0 unspecified atom stereocenters. The third-order valence-corrected chi connectivity index (χ3v) is 4.91. The summed E-state index contributed by atoms with van der Waals surface area (Å²) in [6.45, 7) is 0.163. The summed E-state index contributed by atoms with van der Waals surface area (Å²) in [6.07, 6.45) is 2.55. The van der Waals surface area contributed by atoms with Crippen molar-refractivity contribution >= 4 is 40.7 Å². The third-order valence-electron chi connectivity index (χ3n) is 4.44. The summed E-state index contributed by atoms with van der Waals surface area (Å²) >= 11 is 12.1. The lowest BCUT2D eigenvalue weighted by Gasteiger charge is -2.12. The van der Waals surface area contributed by atoms with Crippen LogP contribution in [0, 0.1) is 0 Å². The molecule has 2 N–H and O–H groups in total. The maximum Gasteiger partial charge on any atom is 0.376 e. The molecule has 0 fully saturated rings. The lowest BCUT2D eigenvalue weighted by atomic mass is 10.0. The van der Waals surface area contributed by atoms with Crippen LogP contribution in [0.15, 0.2) is 71.7 Å². The van der Waals surface area contributed by atoms with Crippen LogP contribution in [0.2, 0.25) is 10.0 Å². The molecular weight excluding hydrogens is 441 g/mol. The van der Waals surface area contributed by atoms with Crippen LogP contribution in [-0.4, -0.2) is 26.5 Å². The summed E-state index contributed by atoms with van der Waals surface area (Å²) in [4.78, 5) is 35.3. The van der Waals surface area contributed by atoms with Crippen molar-refractivity contribution in [3.8, 4) is 0 Å². The molecule has 1 heterocycles. The number of ketones is 1. The molecule has 0 saturated heterocycles. The Kier molecular flexibility index (Phi) is 6.95. The Morgan fingerprint density at radius 3 is 2.13 bits per heavy atom. The van der Waals surface area contributed by atoms with E-state index < -0.39 is 23.1 Å². The Hall–Kier alpha value is -3.35. The number of aliphatic hydroxyl groups excluding tert-OH is 1. The molecule has 0 amide bonds. The molecule has 2 aromatic carbocycles. The summed E-state index contributed by atoms with van der Waals surface area (Å²) in [5.41, 5.74) is 1.52. The van der Waals surface area contributed by atoms with Gasteiger partial charge in [-0.1, -0.05) is 47.5 Å². The van der Waals surface area contributed by atoms with Crippen LogP contribution in [0.3, 0.4) is 0 Å². The molecule has 0 spiro atoms. The fourth-order valence-corrected chi connectivity index (χ4v) is 3.50. The molecule has 0 aliphatic rings. The Balaban J connectivity index is 2.09. The summed E-state index contributed by atoms with van der Waals surface area (Å²) in [5.74, 6) is -3.79. The Morgan fingerprint density at radius 2 is 1.52 bits per heavy atom. The van der Waals surface area contributed by atoms with Gasteiger partial charge in [-0.15, -0.1) is 0 Å². The fraction of sp³-hybridized carbons (Fsp3) is 0.0870. The number of hydrogen-bond acceptors (Lipinski definition) is 4. The second-order valence-electron chi connectivity index (χ2n) is 6.83. The number of aliphatic hydroxyl groups is 1. The van der Waals surface area contributed by atoms with Crippen LogP contribution < -0.4 is 5.56 Å². The Morgan fingerprint density at radius 1 is 0.903 bits per heavy atom. The largest absolute Gasteiger partial charge is 0.507 e. The van der Waals surface area contributed by atoms with Crippen LogP contribution in [0.5, 0.6) is 0 Å². The summed E-state index contributed by atoms with van der Waals surface area (Å²) in [6, 6.07) is 15.6. The first-order valence-electron chi connectivity index (χ1n) is 9.13. The molecule has 3 rings (SSSR count). The van der Waals surface area contributed by atoms with Gasteiger partial charge in [-0.05, 0) is 53.4 Å². The van der Waals surface area contributed by atoms with Gasteiger partial charge in [0.25, 0.3) is 11.3 Å². The standard InChI is InChI=1S/C23H17Cl2NO5/c24-17-5-1-3-14(8-17)7-16-10-19(20(27)11-21(28)23(30)31)22(29)26(13-16)12-15-4-2-6-18(25)9-15/h1-6,8-11,13,27H,7,12H2,(H,30,31). The molecule has 0 bridgehead atoms. The number of carbonyl (C=O) groups excluding carboxylic acids is 1. The zero-order valence-corrected chi connectivity index (χ0v) is 17.6. The number of aromatic nitrogens is 1. The number of rotatable bonds is 7. The molecular formula is C23H17Cl2NO5. The van der Waals surface area contributed by atoms with Crippen LogP contribution in [0.1, 0.15) is 22.3 Å². The van der Waals surface area contributed by atoms with E-state index in [1.165, 1.54) is 10.6 Å². The number of pyridine rings is 1. The van der Waals surface area contributed by atoms with Crippen molar-refractivity contribution in [2.24, 2.45) is 0 Å². The van der Waals surface area contributed by atoms with Gasteiger partial charge in [-0.2, -0.15) is 0 Å². The number of nitrogens with zero attached hydrogens (tertiary/aromatic N) is 1. The maximum absolute atomic E-state index is 13.0. The number of hydrogen-bond donors (Lipinski definition) is 2. The van der Waals surface area contributed by atoms with Crippen LogP contribution in [-0.2, 0) is 22.6 Å². The van der Waals surface area contributed by atoms with Gasteiger partial charge < -0.3 is 14.8 Å². The average Bonchev–Trinajstić information content (AvgIpc) is 2.70. The average molecular weight is 458 g/mol. The van der Waals surface area contributed by atoms with Gasteiger partial charge >= 0.3 is 5.97 Å². The van der Waals surface area contributed by atoms with E-state index in [0.29, 0.717) is 28.1 Å². The van der Waals surface area contributed by atoms with Gasteiger partial charge in [0.2, 0.25) is 0 Å². The minimum absolute atomic E-state index is 0.163. The van der Waals surface area contributed by atoms with Crippen LogP contribution >= 0.6 is 23.2 Å². The Bertz CT molecular complexity index is 1250. The van der Waals surface area contributed by atoms with Crippen molar-refractivity contribution < 1.29 is 19.8 Å². The molecule has 0 saturated carbocycles. The van der Waals surface area contributed by atoms with Crippen molar-refractivity contribution in [3.05, 3.63) is 110 Å². The first kappa shape index (κ1) is 22.3. The van der Waals surface area contributed by atoms with Gasteiger partial charge in [0.05, 0.1) is 12.1 Å². The highest BCUT2D eigenvalue weighted by molar-refractivity contribution is 6.38. The number of aliphatic carboxylic acids is 1. The van der Waals surface area contributed by atoms with Crippen molar-refractivity contribution in [2.75, 3.05) is 0 Å². The monoisotopic (exact) mass is 457 g/mol. The third kappa shape index (κ3) is 5.84. The molecule has 1 aromatic heterocycles. The van der Waals surface area contributed by atoms with E-state index in [-0.39, 0.29) is 12.1 Å². The highest BCUT2D eigenvalue weighted by Crippen LogP contribution is 2.18. The number of carboxylic acids is 1. The predicted molar refractivity (Wildman–Crippen MR) is 119 cm³/mol. The summed E-state index contributed by atoms with van der Waals surface area (Å²) in [5, 5.41) is 20.2.